The second-order valence-electron chi connectivity index (χ2n) is 8.53. The van der Waals surface area contributed by atoms with Crippen LogP contribution in [0.3, 0.4) is 0 Å². The molecule has 0 spiro atoms. The lowest BCUT2D eigenvalue weighted by atomic mass is 10.1. The van der Waals surface area contributed by atoms with Crippen LogP contribution in [0.4, 0.5) is 0 Å². The molecular weight excluding hydrogens is 374 g/mol. The zero-order valence-corrected chi connectivity index (χ0v) is 19.0. The minimum absolute atomic E-state index is 0.550. The van der Waals surface area contributed by atoms with Gasteiger partial charge in [-0.3, -0.25) is 9.89 Å². The van der Waals surface area contributed by atoms with Gasteiger partial charge in [-0.1, -0.05) is 50.6 Å². The van der Waals surface area contributed by atoms with Crippen LogP contribution >= 0.6 is 0 Å². The Balaban J connectivity index is 1.53. The number of hydrogen-bond donors (Lipinski definition) is 1. The third kappa shape index (κ3) is 6.55. The van der Waals surface area contributed by atoms with Crippen LogP contribution in [0.25, 0.3) is 0 Å². The molecule has 2 heterocycles. The highest BCUT2D eigenvalue weighted by Crippen LogP contribution is 2.11. The first-order valence-electron chi connectivity index (χ1n) is 11.2. The highest BCUT2D eigenvalue weighted by Gasteiger charge is 2.20. The van der Waals surface area contributed by atoms with Gasteiger partial charge >= 0.3 is 0 Å². The summed E-state index contributed by atoms with van der Waals surface area (Å²) in [5, 5.41) is 11.8. The Morgan fingerprint density at radius 1 is 1.20 bits per heavy atom. The largest absolute Gasteiger partial charge is 0.354 e. The fourth-order valence-electron chi connectivity index (χ4n) is 3.75. The number of rotatable bonds is 8. The van der Waals surface area contributed by atoms with Gasteiger partial charge in [0.05, 0.1) is 0 Å². The number of hydrogen-bond acceptors (Lipinski definition) is 4. The molecule has 1 aromatic carbocycles. The fraction of sp³-hybridized carbons (Fsp3) is 0.609. The average Bonchev–Trinajstić information content (AvgIpc) is 3.18. The number of aliphatic imine (C=N–C) groups is 1. The first kappa shape index (κ1) is 22.3. The molecule has 1 saturated heterocycles. The van der Waals surface area contributed by atoms with Crippen molar-refractivity contribution in [3.05, 3.63) is 47.5 Å². The van der Waals surface area contributed by atoms with Gasteiger partial charge in [0.25, 0.3) is 0 Å². The molecule has 30 heavy (non-hydrogen) atoms. The summed E-state index contributed by atoms with van der Waals surface area (Å²) in [6.45, 7) is 16.4. The molecule has 1 N–H and O–H groups in total. The van der Waals surface area contributed by atoms with Crippen molar-refractivity contribution in [1.29, 1.82) is 0 Å². The first-order chi connectivity index (χ1) is 14.5. The molecule has 164 valence electrons. The predicted octanol–water partition coefficient (Wildman–Crippen LogP) is 2.57. The Morgan fingerprint density at radius 3 is 2.70 bits per heavy atom. The van der Waals surface area contributed by atoms with Gasteiger partial charge in [-0.15, -0.1) is 10.2 Å². The van der Waals surface area contributed by atoms with E-state index in [9.17, 15) is 0 Å². The van der Waals surface area contributed by atoms with Crippen molar-refractivity contribution in [2.75, 3.05) is 39.3 Å². The summed E-state index contributed by atoms with van der Waals surface area (Å²) in [5.74, 6) is 2.61. The Hall–Kier alpha value is -2.41. The van der Waals surface area contributed by atoms with E-state index in [0.717, 1.165) is 70.6 Å². The van der Waals surface area contributed by atoms with E-state index >= 15 is 0 Å². The van der Waals surface area contributed by atoms with Crippen LogP contribution in [0.2, 0.25) is 0 Å². The smallest absolute Gasteiger partial charge is 0.194 e. The minimum atomic E-state index is 0.550. The van der Waals surface area contributed by atoms with Gasteiger partial charge in [-0.25, -0.2) is 0 Å². The molecule has 1 aliphatic rings. The van der Waals surface area contributed by atoms with Gasteiger partial charge in [0, 0.05) is 58.8 Å². The second-order valence-corrected chi connectivity index (χ2v) is 8.53. The summed E-state index contributed by atoms with van der Waals surface area (Å²) >= 11 is 0. The SMILES string of the molecule is CCc1nncn1CCNC(=NCC(C)C)N1CCN(Cc2cccc(C)c2)CC1. The summed E-state index contributed by atoms with van der Waals surface area (Å²) in [6, 6.07) is 8.83. The zero-order valence-electron chi connectivity index (χ0n) is 19.0. The van der Waals surface area contributed by atoms with E-state index in [1.807, 2.05) is 6.33 Å². The molecule has 1 aliphatic heterocycles. The number of aromatic nitrogens is 3. The predicted molar refractivity (Wildman–Crippen MR) is 123 cm³/mol. The highest BCUT2D eigenvalue weighted by molar-refractivity contribution is 5.80. The van der Waals surface area contributed by atoms with Crippen LogP contribution in [0, 0.1) is 12.8 Å². The third-order valence-electron chi connectivity index (χ3n) is 5.41. The summed E-state index contributed by atoms with van der Waals surface area (Å²) in [5.41, 5.74) is 2.73. The fourth-order valence-corrected chi connectivity index (χ4v) is 3.75. The number of guanidine groups is 1. The van der Waals surface area contributed by atoms with Crippen molar-refractivity contribution >= 4 is 5.96 Å². The van der Waals surface area contributed by atoms with Crippen molar-refractivity contribution < 1.29 is 0 Å². The standard InChI is InChI=1S/C23H37N7/c1-5-22-27-26-18-30(22)10-9-24-23(25-16-19(2)3)29-13-11-28(12-14-29)17-21-8-6-7-20(4)15-21/h6-8,15,18-19H,5,9-14,16-17H2,1-4H3,(H,24,25). The lowest BCUT2D eigenvalue weighted by Gasteiger charge is -2.36. The van der Waals surface area contributed by atoms with Crippen LogP contribution in [-0.4, -0.2) is 69.8 Å². The van der Waals surface area contributed by atoms with E-state index in [0.29, 0.717) is 5.92 Å². The topological polar surface area (TPSA) is 61.6 Å². The number of aryl methyl sites for hydroxylation is 2. The number of piperazine rings is 1. The lowest BCUT2D eigenvalue weighted by molar-refractivity contribution is 0.172. The Labute approximate surface area is 181 Å². The lowest BCUT2D eigenvalue weighted by Crippen LogP contribution is -2.52. The molecule has 0 amide bonds. The van der Waals surface area contributed by atoms with E-state index < -0.39 is 0 Å². The van der Waals surface area contributed by atoms with Gasteiger partial charge in [0.1, 0.15) is 12.2 Å². The van der Waals surface area contributed by atoms with Gasteiger partial charge in [-0.05, 0) is 18.4 Å². The van der Waals surface area contributed by atoms with Crippen molar-refractivity contribution in [1.82, 2.24) is 29.9 Å². The third-order valence-corrected chi connectivity index (χ3v) is 5.41. The maximum Gasteiger partial charge on any atom is 0.194 e. The molecule has 2 aromatic rings. The van der Waals surface area contributed by atoms with Crippen molar-refractivity contribution in [3.8, 4) is 0 Å². The molecule has 3 rings (SSSR count). The molecule has 7 nitrogen and oxygen atoms in total. The molecule has 0 radical (unpaired) electrons. The molecular formula is C23H37N7. The van der Waals surface area contributed by atoms with Gasteiger partial charge in [-0.2, -0.15) is 0 Å². The molecule has 0 unspecified atom stereocenters. The zero-order chi connectivity index (χ0) is 21.3. The average molecular weight is 412 g/mol. The van der Waals surface area contributed by atoms with E-state index in [1.165, 1.54) is 11.1 Å². The van der Waals surface area contributed by atoms with Gasteiger partial charge in [0.2, 0.25) is 0 Å². The van der Waals surface area contributed by atoms with Crippen LogP contribution in [0.1, 0.15) is 37.7 Å². The van der Waals surface area contributed by atoms with E-state index in [4.69, 9.17) is 4.99 Å². The van der Waals surface area contributed by atoms with E-state index in [1.54, 1.807) is 0 Å². The van der Waals surface area contributed by atoms with Crippen LogP contribution < -0.4 is 5.32 Å². The number of nitrogens with zero attached hydrogens (tertiary/aromatic N) is 6. The second kappa shape index (κ2) is 11.1. The molecule has 0 aliphatic carbocycles. The Bertz CT molecular complexity index is 803. The van der Waals surface area contributed by atoms with Crippen molar-refractivity contribution in [2.24, 2.45) is 10.9 Å². The van der Waals surface area contributed by atoms with E-state index in [2.05, 4.69) is 81.8 Å². The monoisotopic (exact) mass is 411 g/mol. The molecule has 7 heteroatoms. The van der Waals surface area contributed by atoms with Crippen molar-refractivity contribution in [2.45, 2.75) is 47.2 Å². The molecule has 0 atom stereocenters. The molecule has 1 fully saturated rings. The van der Waals surface area contributed by atoms with Gasteiger partial charge < -0.3 is 14.8 Å². The van der Waals surface area contributed by atoms with E-state index in [-0.39, 0.29) is 0 Å². The maximum atomic E-state index is 4.90. The van der Waals surface area contributed by atoms with Gasteiger partial charge in [0.15, 0.2) is 5.96 Å². The van der Waals surface area contributed by atoms with Crippen LogP contribution in [0.15, 0.2) is 35.6 Å². The first-order valence-corrected chi connectivity index (χ1v) is 11.2. The Morgan fingerprint density at radius 2 is 2.00 bits per heavy atom. The molecule has 0 saturated carbocycles. The summed E-state index contributed by atoms with van der Waals surface area (Å²) in [6.07, 6.45) is 2.71. The minimum Gasteiger partial charge on any atom is -0.354 e. The van der Waals surface area contributed by atoms with Crippen LogP contribution in [-0.2, 0) is 19.5 Å². The van der Waals surface area contributed by atoms with Crippen molar-refractivity contribution in [3.63, 3.8) is 0 Å². The van der Waals surface area contributed by atoms with Crippen LogP contribution in [0.5, 0.6) is 0 Å². The maximum absolute atomic E-state index is 4.90. The summed E-state index contributed by atoms with van der Waals surface area (Å²) in [4.78, 5) is 9.84. The molecule has 0 bridgehead atoms. The normalized spacial score (nSPS) is 15.8. The number of nitrogens with one attached hydrogen (secondary N) is 1. The number of benzene rings is 1. The quantitative estimate of drug-likeness (QED) is 0.534. The Kier molecular flexibility index (Phi) is 8.25. The summed E-state index contributed by atoms with van der Waals surface area (Å²) in [7, 11) is 0. The highest BCUT2D eigenvalue weighted by atomic mass is 15.4. The molecule has 1 aromatic heterocycles. The summed E-state index contributed by atoms with van der Waals surface area (Å²) < 4.78 is 2.12.